The fourth-order valence-corrected chi connectivity index (χ4v) is 2.97. The van der Waals surface area contributed by atoms with Gasteiger partial charge in [0.25, 0.3) is 0 Å². The van der Waals surface area contributed by atoms with Gasteiger partial charge >= 0.3 is 0 Å². The summed E-state index contributed by atoms with van der Waals surface area (Å²) in [6, 6.07) is 9.29. The van der Waals surface area contributed by atoms with Crippen LogP contribution in [-0.2, 0) is 0 Å². The van der Waals surface area contributed by atoms with Gasteiger partial charge in [-0.2, -0.15) is 0 Å². The molecule has 1 aromatic carbocycles. The zero-order chi connectivity index (χ0) is 13.0. The number of rotatable bonds is 4. The van der Waals surface area contributed by atoms with E-state index < -0.39 is 0 Å². The van der Waals surface area contributed by atoms with Crippen molar-refractivity contribution in [3.63, 3.8) is 0 Å². The van der Waals surface area contributed by atoms with E-state index in [4.69, 9.17) is 0 Å². The number of piperidine rings is 1. The number of hydrogen-bond donors (Lipinski definition) is 1. The highest BCUT2D eigenvalue weighted by Crippen LogP contribution is 2.29. The lowest BCUT2D eigenvalue weighted by Gasteiger charge is -2.35. The van der Waals surface area contributed by atoms with Gasteiger partial charge in [0.15, 0.2) is 0 Å². The van der Waals surface area contributed by atoms with Gasteiger partial charge in [-0.05, 0) is 43.9 Å². The zero-order valence-electron chi connectivity index (χ0n) is 11.9. The van der Waals surface area contributed by atoms with Gasteiger partial charge in [-0.15, -0.1) is 0 Å². The van der Waals surface area contributed by atoms with Crippen LogP contribution in [0.15, 0.2) is 24.3 Å². The fourth-order valence-electron chi connectivity index (χ4n) is 2.97. The molecule has 2 rings (SSSR count). The lowest BCUT2D eigenvalue weighted by Crippen LogP contribution is -2.35. The van der Waals surface area contributed by atoms with E-state index in [0.29, 0.717) is 6.04 Å². The van der Waals surface area contributed by atoms with Crippen molar-refractivity contribution in [2.45, 2.75) is 39.7 Å². The molecular formula is C16H26N2. The van der Waals surface area contributed by atoms with Gasteiger partial charge in [0.05, 0.1) is 0 Å². The predicted octanol–water partition coefficient (Wildman–Crippen LogP) is 3.59. The maximum absolute atomic E-state index is 3.53. The first kappa shape index (κ1) is 13.4. The Morgan fingerprint density at radius 1 is 1.39 bits per heavy atom. The zero-order valence-corrected chi connectivity index (χ0v) is 11.9. The molecule has 100 valence electrons. The molecule has 2 nitrogen and oxygen atoms in total. The normalized spacial score (nSPS) is 21.9. The molecule has 2 atom stereocenters. The third-order valence-corrected chi connectivity index (χ3v) is 3.91. The molecule has 0 bridgehead atoms. The molecule has 18 heavy (non-hydrogen) atoms. The Hall–Kier alpha value is -1.02. The van der Waals surface area contributed by atoms with Gasteiger partial charge < -0.3 is 10.2 Å². The van der Waals surface area contributed by atoms with Crippen molar-refractivity contribution in [3.05, 3.63) is 29.8 Å². The first-order valence-electron chi connectivity index (χ1n) is 7.29. The van der Waals surface area contributed by atoms with Crippen LogP contribution in [0.5, 0.6) is 0 Å². The van der Waals surface area contributed by atoms with Crippen LogP contribution in [0.3, 0.4) is 0 Å². The average Bonchev–Trinajstić information content (AvgIpc) is 2.39. The molecule has 1 aliphatic rings. The SMILES string of the molecule is CCNC(C)c1ccccc1N1CCCC(C)C1. The van der Waals surface area contributed by atoms with Crippen LogP contribution >= 0.6 is 0 Å². The second-order valence-electron chi connectivity index (χ2n) is 5.53. The largest absolute Gasteiger partial charge is 0.371 e. The van der Waals surface area contributed by atoms with E-state index >= 15 is 0 Å². The lowest BCUT2D eigenvalue weighted by molar-refractivity contribution is 0.445. The summed E-state index contributed by atoms with van der Waals surface area (Å²) < 4.78 is 0. The summed E-state index contributed by atoms with van der Waals surface area (Å²) >= 11 is 0. The molecule has 0 aromatic heterocycles. The second-order valence-corrected chi connectivity index (χ2v) is 5.53. The Bertz CT molecular complexity index is 375. The number of anilines is 1. The molecular weight excluding hydrogens is 220 g/mol. The summed E-state index contributed by atoms with van der Waals surface area (Å²) in [7, 11) is 0. The number of nitrogens with one attached hydrogen (secondary N) is 1. The average molecular weight is 246 g/mol. The van der Waals surface area contributed by atoms with E-state index in [9.17, 15) is 0 Å². The summed E-state index contributed by atoms with van der Waals surface area (Å²) in [6.45, 7) is 10.2. The Kier molecular flexibility index (Phi) is 4.65. The van der Waals surface area contributed by atoms with Gasteiger partial charge in [-0.3, -0.25) is 0 Å². The van der Waals surface area contributed by atoms with Crippen LogP contribution in [0.1, 0.15) is 45.2 Å². The third kappa shape index (κ3) is 3.05. The van der Waals surface area contributed by atoms with Crippen molar-refractivity contribution in [3.8, 4) is 0 Å². The first-order chi connectivity index (χ1) is 8.72. The molecule has 0 amide bonds. The highest BCUT2D eigenvalue weighted by Gasteiger charge is 2.20. The van der Waals surface area contributed by atoms with Gasteiger partial charge in [-0.1, -0.05) is 32.0 Å². The highest BCUT2D eigenvalue weighted by atomic mass is 15.1. The summed E-state index contributed by atoms with van der Waals surface area (Å²) in [4.78, 5) is 2.57. The maximum atomic E-state index is 3.53. The van der Waals surface area contributed by atoms with Crippen molar-refractivity contribution in [2.24, 2.45) is 5.92 Å². The fraction of sp³-hybridized carbons (Fsp3) is 0.625. The molecule has 0 aliphatic carbocycles. The molecule has 0 spiro atoms. The minimum atomic E-state index is 0.434. The van der Waals surface area contributed by atoms with Crippen molar-refractivity contribution < 1.29 is 0 Å². The van der Waals surface area contributed by atoms with E-state index in [2.05, 4.69) is 55.3 Å². The Balaban J connectivity index is 2.21. The monoisotopic (exact) mass is 246 g/mol. The quantitative estimate of drug-likeness (QED) is 0.873. The minimum absolute atomic E-state index is 0.434. The number of hydrogen-bond acceptors (Lipinski definition) is 2. The van der Waals surface area contributed by atoms with Gasteiger partial charge in [-0.25, -0.2) is 0 Å². The standard InChI is InChI=1S/C16H26N2/c1-4-17-14(3)15-9-5-6-10-16(15)18-11-7-8-13(2)12-18/h5-6,9-10,13-14,17H,4,7-8,11-12H2,1-3H3. The number of para-hydroxylation sites is 1. The number of benzene rings is 1. The van der Waals surface area contributed by atoms with Crippen LogP contribution in [0.4, 0.5) is 5.69 Å². The van der Waals surface area contributed by atoms with E-state index in [0.717, 1.165) is 12.5 Å². The van der Waals surface area contributed by atoms with Crippen molar-refractivity contribution in [1.82, 2.24) is 5.32 Å². The van der Waals surface area contributed by atoms with Gasteiger partial charge in [0, 0.05) is 24.8 Å². The number of nitrogens with zero attached hydrogens (tertiary/aromatic N) is 1. The summed E-state index contributed by atoms with van der Waals surface area (Å²) in [5.74, 6) is 0.821. The van der Waals surface area contributed by atoms with Crippen LogP contribution in [0, 0.1) is 5.92 Å². The van der Waals surface area contributed by atoms with E-state index in [-0.39, 0.29) is 0 Å². The third-order valence-electron chi connectivity index (χ3n) is 3.91. The molecule has 2 heteroatoms. The van der Waals surface area contributed by atoms with Crippen molar-refractivity contribution in [2.75, 3.05) is 24.5 Å². The van der Waals surface area contributed by atoms with E-state index in [1.54, 1.807) is 0 Å². The smallest absolute Gasteiger partial charge is 0.0414 e. The Labute approximate surface area is 111 Å². The molecule has 1 heterocycles. The van der Waals surface area contributed by atoms with E-state index in [1.807, 2.05) is 0 Å². The lowest BCUT2D eigenvalue weighted by atomic mass is 9.97. The predicted molar refractivity (Wildman–Crippen MR) is 79.1 cm³/mol. The molecule has 0 saturated carbocycles. The second kappa shape index (κ2) is 6.24. The van der Waals surface area contributed by atoms with Gasteiger partial charge in [0.2, 0.25) is 0 Å². The summed E-state index contributed by atoms with van der Waals surface area (Å²) in [5, 5.41) is 3.53. The molecule has 1 saturated heterocycles. The van der Waals surface area contributed by atoms with Crippen molar-refractivity contribution >= 4 is 5.69 Å². The first-order valence-corrected chi connectivity index (χ1v) is 7.29. The van der Waals surface area contributed by atoms with E-state index in [1.165, 1.54) is 37.2 Å². The van der Waals surface area contributed by atoms with Crippen LogP contribution < -0.4 is 10.2 Å². The molecule has 1 aromatic rings. The molecule has 1 aliphatic heterocycles. The topological polar surface area (TPSA) is 15.3 Å². The molecule has 1 N–H and O–H groups in total. The Morgan fingerprint density at radius 2 is 2.17 bits per heavy atom. The molecule has 2 unspecified atom stereocenters. The highest BCUT2D eigenvalue weighted by molar-refractivity contribution is 5.55. The van der Waals surface area contributed by atoms with Crippen LogP contribution in [0.2, 0.25) is 0 Å². The van der Waals surface area contributed by atoms with Crippen LogP contribution in [0.25, 0.3) is 0 Å². The van der Waals surface area contributed by atoms with Gasteiger partial charge in [0.1, 0.15) is 0 Å². The maximum Gasteiger partial charge on any atom is 0.0414 e. The molecule has 1 fully saturated rings. The Morgan fingerprint density at radius 3 is 2.89 bits per heavy atom. The summed E-state index contributed by atoms with van der Waals surface area (Å²) in [5.41, 5.74) is 2.87. The summed E-state index contributed by atoms with van der Waals surface area (Å²) in [6.07, 6.45) is 2.70. The minimum Gasteiger partial charge on any atom is -0.371 e. The van der Waals surface area contributed by atoms with Crippen LogP contribution in [-0.4, -0.2) is 19.6 Å². The van der Waals surface area contributed by atoms with Crippen molar-refractivity contribution in [1.29, 1.82) is 0 Å². The molecule has 0 radical (unpaired) electrons.